The quantitative estimate of drug-likeness (QED) is 0.586. The lowest BCUT2D eigenvalue weighted by atomic mass is 10.2. The van der Waals surface area contributed by atoms with Crippen molar-refractivity contribution in [3.05, 3.63) is 52.1 Å². The first-order valence-electron chi connectivity index (χ1n) is 7.77. The maximum atomic E-state index is 12.4. The number of methoxy groups -OCH3 is 2. The molecule has 0 aliphatic rings. The Morgan fingerprint density at radius 1 is 1.15 bits per heavy atom. The van der Waals surface area contributed by atoms with E-state index in [0.717, 1.165) is 0 Å². The summed E-state index contributed by atoms with van der Waals surface area (Å²) in [5.41, 5.74) is 0.513. The zero-order valence-electron chi connectivity index (χ0n) is 14.9. The summed E-state index contributed by atoms with van der Waals surface area (Å²) in [6.45, 7) is 1.53. The van der Waals surface area contributed by atoms with E-state index in [2.05, 4.69) is 5.32 Å². The van der Waals surface area contributed by atoms with Gasteiger partial charge < -0.3 is 19.5 Å². The van der Waals surface area contributed by atoms with Gasteiger partial charge in [0.25, 0.3) is 11.6 Å². The van der Waals surface area contributed by atoms with E-state index in [-0.39, 0.29) is 17.1 Å². The predicted molar refractivity (Wildman–Crippen MR) is 96.1 cm³/mol. The third kappa shape index (κ3) is 4.64. The lowest BCUT2D eigenvalue weighted by Gasteiger charge is -2.17. The van der Waals surface area contributed by atoms with Crippen molar-refractivity contribution in [1.82, 2.24) is 0 Å². The fraction of sp³-hybridized carbons (Fsp3) is 0.222. The molecular weight excluding hydrogens is 354 g/mol. The number of nitro groups is 1. The van der Waals surface area contributed by atoms with Crippen LogP contribution in [0, 0.1) is 21.4 Å². The normalized spacial score (nSPS) is 11.0. The molecule has 2 rings (SSSR count). The molecule has 0 saturated heterocycles. The zero-order valence-corrected chi connectivity index (χ0v) is 14.9. The van der Waals surface area contributed by atoms with E-state index in [4.69, 9.17) is 19.5 Å². The predicted octanol–water partition coefficient (Wildman–Crippen LogP) is 2.89. The van der Waals surface area contributed by atoms with Crippen molar-refractivity contribution in [2.45, 2.75) is 13.0 Å². The molecule has 0 spiro atoms. The highest BCUT2D eigenvalue weighted by molar-refractivity contribution is 5.95. The first-order valence-corrected chi connectivity index (χ1v) is 7.77. The van der Waals surface area contributed by atoms with Gasteiger partial charge in [-0.1, -0.05) is 0 Å². The van der Waals surface area contributed by atoms with Gasteiger partial charge in [0.1, 0.15) is 5.75 Å². The number of benzene rings is 2. The maximum absolute atomic E-state index is 12.4. The number of rotatable bonds is 7. The van der Waals surface area contributed by atoms with Gasteiger partial charge in [-0.3, -0.25) is 14.9 Å². The van der Waals surface area contributed by atoms with Gasteiger partial charge in [0.15, 0.2) is 17.6 Å². The minimum Gasteiger partial charge on any atom is -0.494 e. The molecule has 0 fully saturated rings. The van der Waals surface area contributed by atoms with Gasteiger partial charge in [0.2, 0.25) is 0 Å². The van der Waals surface area contributed by atoms with E-state index in [1.807, 2.05) is 6.07 Å². The minimum atomic E-state index is -0.910. The van der Waals surface area contributed by atoms with Crippen molar-refractivity contribution in [2.24, 2.45) is 0 Å². The molecule has 9 nitrogen and oxygen atoms in total. The van der Waals surface area contributed by atoms with E-state index in [1.54, 1.807) is 6.07 Å². The highest BCUT2D eigenvalue weighted by Gasteiger charge is 2.20. The van der Waals surface area contributed by atoms with E-state index < -0.39 is 16.9 Å². The number of hydrogen-bond donors (Lipinski definition) is 1. The number of nitriles is 1. The third-order valence-electron chi connectivity index (χ3n) is 3.62. The minimum absolute atomic E-state index is 0.153. The number of nitrogens with one attached hydrogen (secondary N) is 1. The van der Waals surface area contributed by atoms with Crippen LogP contribution in [0.25, 0.3) is 0 Å². The number of amides is 1. The van der Waals surface area contributed by atoms with Crippen LogP contribution in [-0.4, -0.2) is 31.2 Å². The average Bonchev–Trinajstić information content (AvgIpc) is 2.68. The summed E-state index contributed by atoms with van der Waals surface area (Å²) in [6.07, 6.45) is -0.910. The number of nitrogens with zero attached hydrogens (tertiary/aromatic N) is 2. The van der Waals surface area contributed by atoms with E-state index >= 15 is 0 Å². The molecule has 0 unspecified atom stereocenters. The van der Waals surface area contributed by atoms with Gasteiger partial charge in [-0.25, -0.2) is 0 Å². The van der Waals surface area contributed by atoms with Crippen molar-refractivity contribution in [3.8, 4) is 23.3 Å². The summed E-state index contributed by atoms with van der Waals surface area (Å²) in [4.78, 5) is 22.7. The topological polar surface area (TPSA) is 124 Å². The summed E-state index contributed by atoms with van der Waals surface area (Å²) in [5.74, 6) is 0.283. The zero-order chi connectivity index (χ0) is 20.0. The van der Waals surface area contributed by atoms with Crippen LogP contribution in [0.2, 0.25) is 0 Å². The van der Waals surface area contributed by atoms with Gasteiger partial charge >= 0.3 is 0 Å². The third-order valence-corrected chi connectivity index (χ3v) is 3.62. The Bertz CT molecular complexity index is 906. The molecule has 0 heterocycles. The summed E-state index contributed by atoms with van der Waals surface area (Å²) in [5, 5.41) is 22.4. The molecule has 1 atom stereocenters. The van der Waals surface area contributed by atoms with Crippen LogP contribution in [-0.2, 0) is 4.79 Å². The number of hydrogen-bond acceptors (Lipinski definition) is 7. The fourth-order valence-electron chi connectivity index (χ4n) is 2.21. The van der Waals surface area contributed by atoms with Crippen molar-refractivity contribution < 1.29 is 23.9 Å². The van der Waals surface area contributed by atoms with Crippen molar-refractivity contribution >= 4 is 17.3 Å². The molecule has 1 amide bonds. The highest BCUT2D eigenvalue weighted by atomic mass is 16.6. The standard InChI is InChI=1S/C18H17N3O6/c1-11(27-15-7-4-12(10-19)8-17(15)26-3)18(22)20-14-6-5-13(21(23)24)9-16(14)25-2/h4-9,11H,1-3H3,(H,20,22)/t11-/m0/s1. The molecule has 0 bridgehead atoms. The number of ether oxygens (including phenoxy) is 3. The van der Waals surface area contributed by atoms with Crippen LogP contribution in [0.1, 0.15) is 12.5 Å². The van der Waals surface area contributed by atoms with Crippen LogP contribution < -0.4 is 19.5 Å². The number of nitro benzene ring substituents is 1. The van der Waals surface area contributed by atoms with E-state index in [1.165, 1.54) is 51.5 Å². The van der Waals surface area contributed by atoms with Crippen LogP contribution in [0.15, 0.2) is 36.4 Å². The fourth-order valence-corrected chi connectivity index (χ4v) is 2.21. The van der Waals surface area contributed by atoms with Crippen molar-refractivity contribution in [1.29, 1.82) is 5.26 Å². The Morgan fingerprint density at radius 2 is 1.85 bits per heavy atom. The summed E-state index contributed by atoms with van der Waals surface area (Å²) in [6, 6.07) is 10.4. The van der Waals surface area contributed by atoms with E-state index in [0.29, 0.717) is 17.1 Å². The molecule has 2 aromatic rings. The second-order valence-electron chi connectivity index (χ2n) is 5.37. The SMILES string of the molecule is COc1cc([N+](=O)[O-])ccc1NC(=O)[C@H](C)Oc1ccc(C#N)cc1OC. The lowest BCUT2D eigenvalue weighted by Crippen LogP contribution is -2.30. The molecule has 0 aliphatic carbocycles. The Hall–Kier alpha value is -3.80. The van der Waals surface area contributed by atoms with Crippen LogP contribution >= 0.6 is 0 Å². The second-order valence-corrected chi connectivity index (χ2v) is 5.37. The van der Waals surface area contributed by atoms with E-state index in [9.17, 15) is 14.9 Å². The number of carbonyl (C=O) groups is 1. The molecular formula is C18H17N3O6. The maximum Gasteiger partial charge on any atom is 0.273 e. The number of anilines is 1. The number of non-ortho nitro benzene ring substituents is 1. The summed E-state index contributed by atoms with van der Waals surface area (Å²) < 4.78 is 15.9. The molecule has 0 saturated carbocycles. The molecule has 9 heteroatoms. The Balaban J connectivity index is 2.15. The average molecular weight is 371 g/mol. The molecule has 0 radical (unpaired) electrons. The Morgan fingerprint density at radius 3 is 2.44 bits per heavy atom. The molecule has 2 aromatic carbocycles. The van der Waals surface area contributed by atoms with Gasteiger partial charge in [-0.2, -0.15) is 5.26 Å². The van der Waals surface area contributed by atoms with Crippen LogP contribution in [0.5, 0.6) is 17.2 Å². The molecule has 27 heavy (non-hydrogen) atoms. The smallest absolute Gasteiger partial charge is 0.273 e. The van der Waals surface area contributed by atoms with Crippen LogP contribution in [0.4, 0.5) is 11.4 Å². The molecule has 1 N–H and O–H groups in total. The van der Waals surface area contributed by atoms with Gasteiger partial charge in [-0.05, 0) is 25.1 Å². The largest absolute Gasteiger partial charge is 0.494 e. The Labute approximate surface area is 155 Å². The monoisotopic (exact) mass is 371 g/mol. The van der Waals surface area contributed by atoms with Crippen molar-refractivity contribution in [3.63, 3.8) is 0 Å². The highest BCUT2D eigenvalue weighted by Crippen LogP contribution is 2.31. The molecule has 0 aromatic heterocycles. The molecule has 140 valence electrons. The first-order chi connectivity index (χ1) is 12.9. The van der Waals surface area contributed by atoms with Gasteiger partial charge in [0, 0.05) is 12.1 Å². The summed E-state index contributed by atoms with van der Waals surface area (Å²) in [7, 11) is 2.77. The molecule has 0 aliphatic heterocycles. The number of carbonyl (C=O) groups excluding carboxylic acids is 1. The lowest BCUT2D eigenvalue weighted by molar-refractivity contribution is -0.384. The van der Waals surface area contributed by atoms with Gasteiger partial charge in [-0.15, -0.1) is 0 Å². The summed E-state index contributed by atoms with van der Waals surface area (Å²) >= 11 is 0. The van der Waals surface area contributed by atoms with Crippen LogP contribution in [0.3, 0.4) is 0 Å². The van der Waals surface area contributed by atoms with Crippen molar-refractivity contribution in [2.75, 3.05) is 19.5 Å². The van der Waals surface area contributed by atoms with Gasteiger partial charge in [0.05, 0.1) is 42.5 Å². The Kier molecular flexibility index (Phi) is 6.17. The first kappa shape index (κ1) is 19.5. The second kappa shape index (κ2) is 8.53.